The summed E-state index contributed by atoms with van der Waals surface area (Å²) in [6.07, 6.45) is 6.40. The Balaban J connectivity index is 2.29. The average Bonchev–Trinajstić information content (AvgIpc) is 2.55. The first-order valence-corrected chi connectivity index (χ1v) is 8.97. The predicted octanol–water partition coefficient (Wildman–Crippen LogP) is 2.50. The van der Waals surface area contributed by atoms with Gasteiger partial charge in [-0.05, 0) is 35.9 Å². The number of hydrogen-bond donors (Lipinski definition) is 0. The van der Waals surface area contributed by atoms with E-state index in [2.05, 4.69) is 5.92 Å². The Morgan fingerprint density at radius 1 is 1.21 bits per heavy atom. The lowest BCUT2D eigenvalue weighted by atomic mass is 10.1. The Hall–Kier alpha value is -2.65. The molecule has 0 atom stereocenters. The Morgan fingerprint density at radius 2 is 1.88 bits per heavy atom. The molecule has 124 valence electrons. The second-order valence-corrected chi connectivity index (χ2v) is 7.31. The Labute approximate surface area is 140 Å². The summed E-state index contributed by atoms with van der Waals surface area (Å²) in [5.41, 5.74) is 0.953. The quantitative estimate of drug-likeness (QED) is 0.783. The number of rotatable bonds is 5. The number of carbonyl (C=O) groups is 1. The van der Waals surface area contributed by atoms with E-state index in [4.69, 9.17) is 6.42 Å². The van der Waals surface area contributed by atoms with Crippen LogP contribution < -0.4 is 0 Å². The zero-order valence-corrected chi connectivity index (χ0v) is 13.9. The van der Waals surface area contributed by atoms with Crippen LogP contribution in [0.25, 0.3) is 0 Å². The van der Waals surface area contributed by atoms with Crippen molar-refractivity contribution in [3.8, 4) is 12.3 Å². The Bertz CT molecular complexity index is 883. The molecule has 0 aliphatic heterocycles. The van der Waals surface area contributed by atoms with Gasteiger partial charge in [-0.15, -0.1) is 6.42 Å². The predicted molar refractivity (Wildman–Crippen MR) is 89.5 cm³/mol. The van der Waals surface area contributed by atoms with Crippen LogP contribution in [0, 0.1) is 18.2 Å². The van der Waals surface area contributed by atoms with E-state index in [1.54, 1.807) is 12.1 Å². The molecule has 0 fully saturated rings. The highest BCUT2D eigenvalue weighted by molar-refractivity contribution is 7.90. The molecule has 0 heterocycles. The molecule has 2 aromatic rings. The standard InChI is InChI=1S/C18H16FNO3S/c1-3-11-20(13-14-7-9-16(19)10-8-14)18(21)15-5-4-6-17(12-15)24(2,22)23/h1,4-10,12H,11,13H2,2H3. The number of carbonyl (C=O) groups excluding carboxylic acids is 1. The van der Waals surface area contributed by atoms with Crippen LogP contribution in [0.5, 0.6) is 0 Å². The van der Waals surface area contributed by atoms with Gasteiger partial charge in [0.05, 0.1) is 11.4 Å². The van der Waals surface area contributed by atoms with Crippen molar-refractivity contribution in [2.75, 3.05) is 12.8 Å². The fourth-order valence-electron chi connectivity index (χ4n) is 2.16. The van der Waals surface area contributed by atoms with Crippen LogP contribution in [0.15, 0.2) is 53.4 Å². The van der Waals surface area contributed by atoms with Crippen LogP contribution in [-0.2, 0) is 16.4 Å². The lowest BCUT2D eigenvalue weighted by molar-refractivity contribution is 0.0765. The van der Waals surface area contributed by atoms with Gasteiger partial charge in [-0.2, -0.15) is 0 Å². The summed E-state index contributed by atoms with van der Waals surface area (Å²) in [5.74, 6) is 1.66. The first kappa shape index (κ1) is 17.7. The molecule has 0 saturated heterocycles. The van der Waals surface area contributed by atoms with Crippen molar-refractivity contribution in [3.05, 3.63) is 65.5 Å². The van der Waals surface area contributed by atoms with Crippen LogP contribution in [0.2, 0.25) is 0 Å². The molecule has 0 bridgehead atoms. The molecule has 0 aromatic heterocycles. The van der Waals surface area contributed by atoms with Crippen LogP contribution in [0.4, 0.5) is 4.39 Å². The molecular formula is C18H16FNO3S. The second kappa shape index (κ2) is 7.28. The van der Waals surface area contributed by atoms with Crippen LogP contribution in [0.1, 0.15) is 15.9 Å². The molecule has 2 rings (SSSR count). The minimum Gasteiger partial charge on any atom is -0.323 e. The van der Waals surface area contributed by atoms with Crippen molar-refractivity contribution in [2.24, 2.45) is 0 Å². The Morgan fingerprint density at radius 3 is 2.46 bits per heavy atom. The highest BCUT2D eigenvalue weighted by Gasteiger charge is 2.17. The fraction of sp³-hybridized carbons (Fsp3) is 0.167. The maximum Gasteiger partial charge on any atom is 0.254 e. The third kappa shape index (κ3) is 4.43. The van der Waals surface area contributed by atoms with Gasteiger partial charge in [0.15, 0.2) is 9.84 Å². The van der Waals surface area contributed by atoms with Gasteiger partial charge in [-0.3, -0.25) is 4.79 Å². The topological polar surface area (TPSA) is 54.5 Å². The number of sulfone groups is 1. The van der Waals surface area contributed by atoms with Crippen LogP contribution >= 0.6 is 0 Å². The number of amides is 1. The second-order valence-electron chi connectivity index (χ2n) is 5.29. The van der Waals surface area contributed by atoms with Gasteiger partial charge in [-0.25, -0.2) is 12.8 Å². The first-order valence-electron chi connectivity index (χ1n) is 7.08. The summed E-state index contributed by atoms with van der Waals surface area (Å²) < 4.78 is 36.2. The van der Waals surface area contributed by atoms with E-state index in [0.29, 0.717) is 0 Å². The van der Waals surface area contributed by atoms with Crippen molar-refractivity contribution >= 4 is 15.7 Å². The molecule has 0 unspecified atom stereocenters. The molecule has 6 heteroatoms. The molecule has 0 aliphatic rings. The molecule has 1 amide bonds. The third-order valence-electron chi connectivity index (χ3n) is 3.37. The molecule has 0 aliphatic carbocycles. The summed E-state index contributed by atoms with van der Waals surface area (Å²) in [7, 11) is -3.41. The van der Waals surface area contributed by atoms with Gasteiger partial charge in [0, 0.05) is 18.4 Å². The van der Waals surface area contributed by atoms with Gasteiger partial charge in [0.1, 0.15) is 5.82 Å². The number of terminal acetylenes is 1. The lowest BCUT2D eigenvalue weighted by Crippen LogP contribution is -2.31. The van der Waals surface area contributed by atoms with Crippen LogP contribution in [0.3, 0.4) is 0 Å². The summed E-state index contributed by atoms with van der Waals surface area (Å²) in [4.78, 5) is 14.1. The monoisotopic (exact) mass is 345 g/mol. The van der Waals surface area contributed by atoms with E-state index >= 15 is 0 Å². The normalized spacial score (nSPS) is 10.9. The van der Waals surface area contributed by atoms with Crippen molar-refractivity contribution in [2.45, 2.75) is 11.4 Å². The van der Waals surface area contributed by atoms with Crippen molar-refractivity contribution in [1.82, 2.24) is 4.90 Å². The largest absolute Gasteiger partial charge is 0.323 e. The summed E-state index contributed by atoms with van der Waals surface area (Å²) in [6.45, 7) is 0.256. The zero-order chi connectivity index (χ0) is 17.7. The van der Waals surface area contributed by atoms with Crippen molar-refractivity contribution < 1.29 is 17.6 Å². The maximum atomic E-state index is 13.0. The van der Waals surface area contributed by atoms with E-state index in [1.165, 1.54) is 41.3 Å². The first-order chi connectivity index (χ1) is 11.3. The van der Waals surface area contributed by atoms with Crippen molar-refractivity contribution in [3.63, 3.8) is 0 Å². The zero-order valence-electron chi connectivity index (χ0n) is 13.1. The van der Waals surface area contributed by atoms with E-state index < -0.39 is 9.84 Å². The number of halogens is 1. The van der Waals surface area contributed by atoms with Gasteiger partial charge in [0.25, 0.3) is 5.91 Å². The van der Waals surface area contributed by atoms with Crippen LogP contribution in [-0.4, -0.2) is 32.0 Å². The van der Waals surface area contributed by atoms with Gasteiger partial charge in [0.2, 0.25) is 0 Å². The number of hydrogen-bond acceptors (Lipinski definition) is 3. The average molecular weight is 345 g/mol. The lowest BCUT2D eigenvalue weighted by Gasteiger charge is -2.20. The third-order valence-corrected chi connectivity index (χ3v) is 4.48. The van der Waals surface area contributed by atoms with E-state index in [9.17, 15) is 17.6 Å². The minimum atomic E-state index is -3.41. The van der Waals surface area contributed by atoms with Crippen molar-refractivity contribution in [1.29, 1.82) is 0 Å². The van der Waals surface area contributed by atoms with E-state index in [0.717, 1.165) is 11.8 Å². The number of benzene rings is 2. The number of nitrogens with zero attached hydrogens (tertiary/aromatic N) is 1. The van der Waals surface area contributed by atoms with Gasteiger partial charge < -0.3 is 4.90 Å². The molecule has 4 nitrogen and oxygen atoms in total. The Kier molecular flexibility index (Phi) is 5.37. The molecule has 2 aromatic carbocycles. The van der Waals surface area contributed by atoms with Gasteiger partial charge >= 0.3 is 0 Å². The van der Waals surface area contributed by atoms with E-state index in [1.807, 2.05) is 0 Å². The van der Waals surface area contributed by atoms with E-state index in [-0.39, 0.29) is 35.3 Å². The summed E-state index contributed by atoms with van der Waals surface area (Å²) in [6, 6.07) is 11.5. The summed E-state index contributed by atoms with van der Waals surface area (Å²) in [5, 5.41) is 0. The highest BCUT2D eigenvalue weighted by Crippen LogP contribution is 2.15. The molecule has 0 N–H and O–H groups in total. The SMILES string of the molecule is C#CCN(Cc1ccc(F)cc1)C(=O)c1cccc(S(C)(=O)=O)c1. The maximum absolute atomic E-state index is 13.0. The fourth-order valence-corrected chi connectivity index (χ4v) is 2.83. The summed E-state index contributed by atoms with van der Waals surface area (Å²) >= 11 is 0. The van der Waals surface area contributed by atoms with Gasteiger partial charge in [-0.1, -0.05) is 24.1 Å². The molecular weight excluding hydrogens is 329 g/mol. The molecule has 0 spiro atoms. The minimum absolute atomic E-state index is 0.0549. The highest BCUT2D eigenvalue weighted by atomic mass is 32.2. The molecule has 0 saturated carbocycles. The molecule has 0 radical (unpaired) electrons. The molecule has 24 heavy (non-hydrogen) atoms. The smallest absolute Gasteiger partial charge is 0.254 e.